The van der Waals surface area contributed by atoms with Gasteiger partial charge in [-0.05, 0) is 23.8 Å². The van der Waals surface area contributed by atoms with Gasteiger partial charge >= 0.3 is 0 Å². The summed E-state index contributed by atoms with van der Waals surface area (Å²) in [5, 5.41) is 3.45. The minimum atomic E-state index is 1.02. The molecule has 0 aromatic carbocycles. The van der Waals surface area contributed by atoms with Crippen LogP contribution in [0.25, 0.3) is 0 Å². The van der Waals surface area contributed by atoms with Crippen molar-refractivity contribution in [2.24, 2.45) is 7.05 Å². The van der Waals surface area contributed by atoms with Gasteiger partial charge in [-0.15, -0.1) is 0 Å². The minimum Gasteiger partial charge on any atom is -0.338 e. The number of alkyl halides is 1. The van der Waals surface area contributed by atoms with Crippen molar-refractivity contribution in [3.8, 4) is 0 Å². The van der Waals surface area contributed by atoms with Crippen molar-refractivity contribution < 1.29 is 0 Å². The third kappa shape index (κ3) is 5.51. The van der Waals surface area contributed by atoms with Gasteiger partial charge < -0.3 is 9.88 Å². The molecule has 0 amide bonds. The molecular formula is C11H20IN3. The van der Waals surface area contributed by atoms with Gasteiger partial charge in [-0.2, -0.15) is 0 Å². The Balaban J connectivity index is 1.96. The van der Waals surface area contributed by atoms with Gasteiger partial charge in [0.2, 0.25) is 0 Å². The smallest absolute Gasteiger partial charge is 0.109 e. The van der Waals surface area contributed by atoms with Crippen molar-refractivity contribution in [1.29, 1.82) is 0 Å². The third-order valence-electron chi connectivity index (χ3n) is 2.43. The molecule has 0 bridgehead atoms. The van der Waals surface area contributed by atoms with E-state index in [1.54, 1.807) is 0 Å². The van der Waals surface area contributed by atoms with Crippen LogP contribution in [0.15, 0.2) is 12.4 Å². The van der Waals surface area contributed by atoms with Crippen molar-refractivity contribution in [2.45, 2.75) is 25.7 Å². The maximum atomic E-state index is 4.28. The standard InChI is InChI=1S/C11H20IN3/c1-15-10-9-14-11(15)5-8-13-7-4-2-3-6-12/h9-10,13H,2-8H2,1H3. The first-order chi connectivity index (χ1) is 7.34. The molecule has 4 heteroatoms. The summed E-state index contributed by atoms with van der Waals surface area (Å²) in [5.41, 5.74) is 0. The van der Waals surface area contributed by atoms with Crippen LogP contribution in [0.1, 0.15) is 25.1 Å². The molecule has 0 aliphatic heterocycles. The van der Waals surface area contributed by atoms with Crippen LogP contribution in [0.3, 0.4) is 0 Å². The lowest BCUT2D eigenvalue weighted by atomic mass is 10.2. The summed E-state index contributed by atoms with van der Waals surface area (Å²) >= 11 is 2.44. The van der Waals surface area contributed by atoms with E-state index in [2.05, 4.69) is 37.5 Å². The molecule has 86 valence electrons. The number of nitrogens with zero attached hydrogens (tertiary/aromatic N) is 2. The molecular weight excluding hydrogens is 301 g/mol. The first kappa shape index (κ1) is 13.0. The number of rotatable bonds is 8. The molecule has 0 radical (unpaired) electrons. The van der Waals surface area contributed by atoms with Gasteiger partial charge in [-0.25, -0.2) is 4.98 Å². The molecule has 0 fully saturated rings. The van der Waals surface area contributed by atoms with Crippen molar-refractivity contribution in [3.05, 3.63) is 18.2 Å². The molecule has 1 N–H and O–H groups in total. The molecule has 0 saturated carbocycles. The number of hydrogen-bond donors (Lipinski definition) is 1. The average Bonchev–Trinajstić information content (AvgIpc) is 2.63. The van der Waals surface area contributed by atoms with Crippen LogP contribution in [0, 0.1) is 0 Å². The first-order valence-corrected chi connectivity index (χ1v) is 7.10. The quantitative estimate of drug-likeness (QED) is 0.452. The zero-order valence-corrected chi connectivity index (χ0v) is 11.5. The van der Waals surface area contributed by atoms with Crippen LogP contribution in [0.5, 0.6) is 0 Å². The predicted molar refractivity (Wildman–Crippen MR) is 72.5 cm³/mol. The predicted octanol–water partition coefficient (Wildman–Crippen LogP) is 2.16. The maximum absolute atomic E-state index is 4.28. The summed E-state index contributed by atoms with van der Waals surface area (Å²) in [4.78, 5) is 4.28. The van der Waals surface area contributed by atoms with E-state index in [-0.39, 0.29) is 0 Å². The summed E-state index contributed by atoms with van der Waals surface area (Å²) < 4.78 is 3.36. The number of imidazole rings is 1. The normalized spacial score (nSPS) is 10.8. The molecule has 1 aromatic heterocycles. The lowest BCUT2D eigenvalue weighted by Crippen LogP contribution is -2.19. The van der Waals surface area contributed by atoms with E-state index in [1.807, 2.05) is 19.4 Å². The zero-order chi connectivity index (χ0) is 10.9. The summed E-state index contributed by atoms with van der Waals surface area (Å²) in [5.74, 6) is 1.16. The highest BCUT2D eigenvalue weighted by Crippen LogP contribution is 1.98. The molecule has 0 spiro atoms. The number of unbranched alkanes of at least 4 members (excludes halogenated alkanes) is 2. The molecule has 1 rings (SSSR count). The van der Waals surface area contributed by atoms with Crippen LogP contribution in [0.4, 0.5) is 0 Å². The van der Waals surface area contributed by atoms with Gasteiger partial charge in [0.1, 0.15) is 5.82 Å². The summed E-state index contributed by atoms with van der Waals surface area (Å²) in [6, 6.07) is 0. The number of aromatic nitrogens is 2. The van der Waals surface area contributed by atoms with Crippen LogP contribution in [-0.4, -0.2) is 27.1 Å². The lowest BCUT2D eigenvalue weighted by Gasteiger charge is -2.04. The van der Waals surface area contributed by atoms with Crippen LogP contribution in [0.2, 0.25) is 0 Å². The molecule has 1 heterocycles. The van der Waals surface area contributed by atoms with E-state index in [9.17, 15) is 0 Å². The third-order valence-corrected chi connectivity index (χ3v) is 3.20. The summed E-state index contributed by atoms with van der Waals surface area (Å²) in [6.07, 6.45) is 8.87. The molecule has 3 nitrogen and oxygen atoms in total. The largest absolute Gasteiger partial charge is 0.338 e. The fraction of sp³-hybridized carbons (Fsp3) is 0.727. The fourth-order valence-electron chi connectivity index (χ4n) is 1.48. The van der Waals surface area contributed by atoms with Gasteiger partial charge in [0.05, 0.1) is 0 Å². The van der Waals surface area contributed by atoms with Crippen molar-refractivity contribution >= 4 is 22.6 Å². The van der Waals surface area contributed by atoms with E-state index in [0.717, 1.165) is 25.3 Å². The maximum Gasteiger partial charge on any atom is 0.109 e. The Morgan fingerprint density at radius 1 is 1.33 bits per heavy atom. The van der Waals surface area contributed by atoms with Crippen LogP contribution >= 0.6 is 22.6 Å². The highest BCUT2D eigenvalue weighted by molar-refractivity contribution is 14.1. The second-order valence-electron chi connectivity index (χ2n) is 3.70. The van der Waals surface area contributed by atoms with Gasteiger partial charge in [0, 0.05) is 32.4 Å². The Hall–Kier alpha value is -0.100. The molecule has 0 unspecified atom stereocenters. The number of nitrogens with one attached hydrogen (secondary N) is 1. The average molecular weight is 321 g/mol. The molecule has 0 aliphatic carbocycles. The van der Waals surface area contributed by atoms with E-state index >= 15 is 0 Å². The monoisotopic (exact) mass is 321 g/mol. The van der Waals surface area contributed by atoms with E-state index < -0.39 is 0 Å². The molecule has 0 atom stereocenters. The topological polar surface area (TPSA) is 29.9 Å². The van der Waals surface area contributed by atoms with E-state index in [0.29, 0.717) is 0 Å². The van der Waals surface area contributed by atoms with Gasteiger partial charge in [0.25, 0.3) is 0 Å². The Morgan fingerprint density at radius 3 is 2.87 bits per heavy atom. The van der Waals surface area contributed by atoms with E-state index in [4.69, 9.17) is 0 Å². The summed E-state index contributed by atoms with van der Waals surface area (Å²) in [6.45, 7) is 2.18. The lowest BCUT2D eigenvalue weighted by molar-refractivity contribution is 0.607. The molecule has 0 saturated heterocycles. The zero-order valence-electron chi connectivity index (χ0n) is 9.38. The molecule has 0 aliphatic rings. The number of hydrogen-bond acceptors (Lipinski definition) is 2. The van der Waals surface area contributed by atoms with Gasteiger partial charge in [-0.1, -0.05) is 29.0 Å². The SMILES string of the molecule is Cn1ccnc1CCNCCCCCI. The second kappa shape index (κ2) is 8.10. The Kier molecular flexibility index (Phi) is 7.00. The minimum absolute atomic E-state index is 1.02. The number of aryl methyl sites for hydroxylation is 1. The van der Waals surface area contributed by atoms with Crippen LogP contribution < -0.4 is 5.32 Å². The fourth-order valence-corrected chi connectivity index (χ4v) is 2.02. The Bertz CT molecular complexity index is 260. The summed E-state index contributed by atoms with van der Waals surface area (Å²) in [7, 11) is 2.04. The van der Waals surface area contributed by atoms with Gasteiger partial charge in [0.15, 0.2) is 0 Å². The number of halogens is 1. The van der Waals surface area contributed by atoms with Crippen molar-refractivity contribution in [3.63, 3.8) is 0 Å². The molecule has 1 aromatic rings. The highest BCUT2D eigenvalue weighted by Gasteiger charge is 1.97. The van der Waals surface area contributed by atoms with E-state index in [1.165, 1.54) is 23.7 Å². The second-order valence-corrected chi connectivity index (χ2v) is 4.78. The highest BCUT2D eigenvalue weighted by atomic mass is 127. The van der Waals surface area contributed by atoms with Crippen molar-refractivity contribution in [2.75, 3.05) is 17.5 Å². The van der Waals surface area contributed by atoms with Crippen molar-refractivity contribution in [1.82, 2.24) is 14.9 Å². The molecule has 15 heavy (non-hydrogen) atoms. The van der Waals surface area contributed by atoms with Crippen LogP contribution in [-0.2, 0) is 13.5 Å². The first-order valence-electron chi connectivity index (χ1n) is 5.57. The van der Waals surface area contributed by atoms with Gasteiger partial charge in [-0.3, -0.25) is 0 Å². The Labute approximate surface area is 106 Å². The Morgan fingerprint density at radius 2 is 2.20 bits per heavy atom.